The summed E-state index contributed by atoms with van der Waals surface area (Å²) >= 11 is 0. The van der Waals surface area contributed by atoms with E-state index >= 15 is 0 Å². The van der Waals surface area contributed by atoms with Crippen molar-refractivity contribution >= 4 is 23.9 Å². The smallest absolute Gasteiger partial charge is 0.335 e. The summed E-state index contributed by atoms with van der Waals surface area (Å²) in [7, 11) is 0. The highest BCUT2D eigenvalue weighted by Gasteiger charge is 2.50. The van der Waals surface area contributed by atoms with Gasteiger partial charge in [0.25, 0.3) is 0 Å². The number of carboxylic acid groups (broad SMARTS) is 1. The first-order valence-corrected chi connectivity index (χ1v) is 29.3. The van der Waals surface area contributed by atoms with E-state index in [0.29, 0.717) is 19.3 Å². The molecule has 1 heterocycles. The Morgan fingerprint density at radius 3 is 1.36 bits per heavy atom. The minimum absolute atomic E-state index is 0.0460. The first-order valence-electron chi connectivity index (χ1n) is 29.3. The van der Waals surface area contributed by atoms with Crippen LogP contribution in [0.4, 0.5) is 0 Å². The maximum Gasteiger partial charge on any atom is 0.335 e. The van der Waals surface area contributed by atoms with Crippen molar-refractivity contribution in [1.82, 2.24) is 0 Å². The highest BCUT2D eigenvalue weighted by Crippen LogP contribution is 2.26. The average Bonchev–Trinajstić information content (AvgIpc) is 3.37. The average molecular weight is 1030 g/mol. The van der Waals surface area contributed by atoms with Crippen LogP contribution in [0.2, 0.25) is 0 Å². The lowest BCUT2D eigenvalue weighted by Gasteiger charge is -2.40. The fraction of sp³-hybridized carbons (Fsp3) is 0.770. The van der Waals surface area contributed by atoms with Crippen LogP contribution in [0.25, 0.3) is 0 Å². The Morgan fingerprint density at radius 2 is 0.863 bits per heavy atom. The van der Waals surface area contributed by atoms with Crippen molar-refractivity contribution in [2.24, 2.45) is 0 Å². The van der Waals surface area contributed by atoms with E-state index < -0.39 is 67.3 Å². The highest BCUT2D eigenvalue weighted by molar-refractivity contribution is 5.74. The zero-order valence-corrected chi connectivity index (χ0v) is 46.1. The van der Waals surface area contributed by atoms with Gasteiger partial charge in [0, 0.05) is 19.3 Å². The minimum atomic E-state index is -1.91. The number of aliphatic carboxylic acids is 1. The quantitative estimate of drug-likeness (QED) is 0.0228. The SMILES string of the molecule is CC/C=C\C/C=C\C/C=C\CCCCCC(=O)OC(COC(=O)CCCCCCCCC/C=C\CCCCCCCC)COC1OC(C(=O)O)C(O)C(O)C1OC(=O)CCCCCCC/C=C\CCCCCC. The Hall–Kier alpha value is -3.58. The second-order valence-electron chi connectivity index (χ2n) is 19.9. The molecule has 0 aromatic rings. The molecular formula is C61H104O12. The Bertz CT molecular complexity index is 1500. The molecule has 73 heavy (non-hydrogen) atoms. The summed E-state index contributed by atoms with van der Waals surface area (Å²) in [6.07, 6.45) is 47.7. The molecule has 0 aromatic carbocycles. The molecule has 0 aromatic heterocycles. The summed E-state index contributed by atoms with van der Waals surface area (Å²) in [4.78, 5) is 51.0. The molecule has 420 valence electrons. The van der Waals surface area contributed by atoms with Gasteiger partial charge in [-0.2, -0.15) is 0 Å². The first-order chi connectivity index (χ1) is 35.6. The molecule has 0 radical (unpaired) electrons. The molecule has 1 fully saturated rings. The fourth-order valence-electron chi connectivity index (χ4n) is 8.55. The van der Waals surface area contributed by atoms with Crippen LogP contribution in [0.1, 0.15) is 252 Å². The zero-order valence-electron chi connectivity index (χ0n) is 46.1. The fourth-order valence-corrected chi connectivity index (χ4v) is 8.55. The van der Waals surface area contributed by atoms with Gasteiger partial charge < -0.3 is 39.0 Å². The number of aliphatic hydroxyl groups excluding tert-OH is 2. The number of carboxylic acids is 1. The maximum absolute atomic E-state index is 13.1. The molecule has 0 aliphatic carbocycles. The van der Waals surface area contributed by atoms with Gasteiger partial charge in [-0.25, -0.2) is 4.79 Å². The van der Waals surface area contributed by atoms with Crippen molar-refractivity contribution in [3.63, 3.8) is 0 Å². The number of esters is 3. The van der Waals surface area contributed by atoms with Crippen LogP contribution < -0.4 is 0 Å². The summed E-state index contributed by atoms with van der Waals surface area (Å²) in [5, 5.41) is 31.4. The molecule has 6 atom stereocenters. The van der Waals surface area contributed by atoms with Crippen LogP contribution in [0.5, 0.6) is 0 Å². The van der Waals surface area contributed by atoms with Gasteiger partial charge in [-0.3, -0.25) is 14.4 Å². The summed E-state index contributed by atoms with van der Waals surface area (Å²) in [5.41, 5.74) is 0. The van der Waals surface area contributed by atoms with Crippen molar-refractivity contribution in [2.45, 2.75) is 289 Å². The first kappa shape index (κ1) is 67.4. The third-order valence-corrected chi connectivity index (χ3v) is 13.0. The van der Waals surface area contributed by atoms with E-state index in [2.05, 4.69) is 81.5 Å². The molecule has 0 spiro atoms. The topological polar surface area (TPSA) is 175 Å². The predicted molar refractivity (Wildman–Crippen MR) is 294 cm³/mol. The van der Waals surface area contributed by atoms with E-state index in [4.69, 9.17) is 23.7 Å². The third kappa shape index (κ3) is 39.5. The van der Waals surface area contributed by atoms with Gasteiger partial charge in [0.15, 0.2) is 24.6 Å². The van der Waals surface area contributed by atoms with Crippen LogP contribution in [-0.2, 0) is 42.9 Å². The van der Waals surface area contributed by atoms with Gasteiger partial charge in [0.1, 0.15) is 18.8 Å². The Balaban J connectivity index is 2.71. The molecule has 1 aliphatic heterocycles. The molecule has 3 N–H and O–H groups in total. The standard InChI is InChI=1S/C61H104O12/c1-4-7-10-13-16-19-22-25-26-27-28-31-32-35-38-41-44-47-53(62)69-50-52(71-54(63)48-45-42-39-36-33-29-23-20-17-14-11-8-5-2)51-70-61-59(57(66)56(65)58(73-61)60(67)68)72-55(64)49-46-43-40-37-34-30-24-21-18-15-12-9-6-3/h8,11,17,20-21,24-26,29,33,52,56-59,61,65-66H,4-7,9-10,12-16,18-19,22-23,27-28,30-32,34-51H2,1-3H3,(H,67,68)/b11-8-,20-17-,24-21-,26-25-,33-29-. The number of unbranched alkanes of at least 4 members (excludes halogenated alkanes) is 25. The number of carbonyl (C=O) groups is 4. The number of carbonyl (C=O) groups excluding carboxylic acids is 3. The summed E-state index contributed by atoms with van der Waals surface area (Å²) < 4.78 is 28.4. The van der Waals surface area contributed by atoms with E-state index in [1.807, 2.05) is 0 Å². The molecule has 1 aliphatic rings. The molecule has 1 rings (SSSR count). The molecule has 0 bridgehead atoms. The van der Waals surface area contributed by atoms with Crippen LogP contribution >= 0.6 is 0 Å². The van der Waals surface area contributed by atoms with Gasteiger partial charge in [0.2, 0.25) is 0 Å². The lowest BCUT2D eigenvalue weighted by molar-refractivity contribution is -0.301. The van der Waals surface area contributed by atoms with Crippen molar-refractivity contribution in [2.75, 3.05) is 13.2 Å². The van der Waals surface area contributed by atoms with Gasteiger partial charge in [-0.05, 0) is 103 Å². The third-order valence-electron chi connectivity index (χ3n) is 13.0. The molecule has 1 saturated heterocycles. The summed E-state index contributed by atoms with van der Waals surface area (Å²) in [6, 6.07) is 0. The van der Waals surface area contributed by atoms with Gasteiger partial charge in [-0.15, -0.1) is 0 Å². The minimum Gasteiger partial charge on any atom is -0.479 e. The van der Waals surface area contributed by atoms with Crippen molar-refractivity contribution < 1.29 is 58.2 Å². The Kier molecular flexibility index (Phi) is 45.5. The van der Waals surface area contributed by atoms with Gasteiger partial charge in [0.05, 0.1) is 6.61 Å². The van der Waals surface area contributed by atoms with Crippen LogP contribution in [0, 0.1) is 0 Å². The number of hydrogen-bond donors (Lipinski definition) is 3. The van der Waals surface area contributed by atoms with E-state index in [9.17, 15) is 34.5 Å². The summed E-state index contributed by atoms with van der Waals surface area (Å²) in [6.45, 7) is 5.82. The van der Waals surface area contributed by atoms with E-state index in [1.165, 1.54) is 89.9 Å². The van der Waals surface area contributed by atoms with Gasteiger partial charge >= 0.3 is 23.9 Å². The summed E-state index contributed by atoms with van der Waals surface area (Å²) in [5.74, 6) is -3.17. The molecule has 12 nitrogen and oxygen atoms in total. The number of ether oxygens (including phenoxy) is 5. The normalized spacial score (nSPS) is 18.7. The largest absolute Gasteiger partial charge is 0.479 e. The second kappa shape index (κ2) is 49.3. The monoisotopic (exact) mass is 1030 g/mol. The molecule has 0 amide bonds. The second-order valence-corrected chi connectivity index (χ2v) is 19.9. The van der Waals surface area contributed by atoms with Crippen LogP contribution in [0.15, 0.2) is 60.8 Å². The molecular weight excluding hydrogens is 925 g/mol. The van der Waals surface area contributed by atoms with Crippen LogP contribution in [0.3, 0.4) is 0 Å². The lowest BCUT2D eigenvalue weighted by atomic mass is 9.98. The zero-order chi connectivity index (χ0) is 53.3. The van der Waals surface area contributed by atoms with Crippen molar-refractivity contribution in [3.8, 4) is 0 Å². The van der Waals surface area contributed by atoms with Gasteiger partial charge in [-0.1, -0.05) is 191 Å². The Morgan fingerprint density at radius 1 is 0.466 bits per heavy atom. The highest BCUT2D eigenvalue weighted by atomic mass is 16.7. The van der Waals surface area contributed by atoms with Crippen molar-refractivity contribution in [1.29, 1.82) is 0 Å². The number of allylic oxidation sites excluding steroid dienone is 10. The molecule has 0 saturated carbocycles. The van der Waals surface area contributed by atoms with Crippen LogP contribution in [-0.4, -0.2) is 89.2 Å². The van der Waals surface area contributed by atoms with E-state index in [-0.39, 0.29) is 25.9 Å². The predicted octanol–water partition coefficient (Wildman–Crippen LogP) is 14.8. The maximum atomic E-state index is 13.1. The number of aliphatic hydroxyl groups is 2. The Labute approximate surface area is 443 Å². The van der Waals surface area contributed by atoms with E-state index in [1.54, 1.807) is 0 Å². The lowest BCUT2D eigenvalue weighted by Crippen LogP contribution is -2.61. The molecule has 6 unspecified atom stereocenters. The van der Waals surface area contributed by atoms with Crippen molar-refractivity contribution in [3.05, 3.63) is 60.8 Å². The van der Waals surface area contributed by atoms with E-state index in [0.717, 1.165) is 103 Å². The number of hydrogen-bond acceptors (Lipinski definition) is 11. The number of rotatable bonds is 49. The molecule has 12 heteroatoms.